The molecule has 0 aliphatic carbocycles. The Kier molecular flexibility index (Phi) is 5.55. The van der Waals surface area contributed by atoms with Gasteiger partial charge in [0.25, 0.3) is 0 Å². The number of thioether (sulfide) groups is 1. The first kappa shape index (κ1) is 14.7. The molecule has 2 N–H and O–H groups in total. The molecule has 0 amide bonds. The van der Waals surface area contributed by atoms with E-state index < -0.39 is 0 Å². The van der Waals surface area contributed by atoms with Crippen molar-refractivity contribution in [1.82, 2.24) is 5.32 Å². The summed E-state index contributed by atoms with van der Waals surface area (Å²) in [6, 6.07) is 8.60. The van der Waals surface area contributed by atoms with Crippen LogP contribution in [0.1, 0.15) is 31.9 Å². The number of para-hydroxylation sites is 1. The Labute approximate surface area is 119 Å². The topological polar surface area (TPSA) is 41.5 Å². The molecule has 0 fully saturated rings. The summed E-state index contributed by atoms with van der Waals surface area (Å²) in [7, 11) is 0. The van der Waals surface area contributed by atoms with Crippen molar-refractivity contribution in [2.45, 2.75) is 36.8 Å². The molecule has 19 heavy (non-hydrogen) atoms. The van der Waals surface area contributed by atoms with Crippen molar-refractivity contribution in [3.63, 3.8) is 0 Å². The lowest BCUT2D eigenvalue weighted by atomic mass is 10.0. The van der Waals surface area contributed by atoms with Crippen LogP contribution in [0.5, 0.6) is 5.75 Å². The molecule has 3 unspecified atom stereocenters. The smallest absolute Gasteiger partial charge is 0.124 e. The van der Waals surface area contributed by atoms with Crippen LogP contribution in [0.25, 0.3) is 0 Å². The van der Waals surface area contributed by atoms with Gasteiger partial charge in [-0.25, -0.2) is 0 Å². The maximum absolute atomic E-state index is 9.03. The first-order valence-corrected chi connectivity index (χ1v) is 7.92. The molecule has 1 aliphatic rings. The number of nitrogens with one attached hydrogen (secondary N) is 1. The zero-order valence-corrected chi connectivity index (χ0v) is 12.5. The zero-order valence-electron chi connectivity index (χ0n) is 11.6. The van der Waals surface area contributed by atoms with E-state index in [0.717, 1.165) is 25.3 Å². The molecule has 0 saturated heterocycles. The summed E-state index contributed by atoms with van der Waals surface area (Å²) in [5.74, 6) is 1.00. The van der Waals surface area contributed by atoms with E-state index >= 15 is 0 Å². The minimum absolute atomic E-state index is 0.254. The summed E-state index contributed by atoms with van der Waals surface area (Å²) >= 11 is 1.91. The van der Waals surface area contributed by atoms with Gasteiger partial charge in [0.05, 0.1) is 11.3 Å². The van der Waals surface area contributed by atoms with Crippen LogP contribution in [-0.4, -0.2) is 35.4 Å². The third kappa shape index (κ3) is 3.65. The second kappa shape index (κ2) is 7.17. The molecule has 1 heterocycles. The molecule has 106 valence electrons. The van der Waals surface area contributed by atoms with Gasteiger partial charge in [0.1, 0.15) is 12.4 Å². The van der Waals surface area contributed by atoms with E-state index in [1.807, 2.05) is 23.9 Å². The standard InChI is InChI=1S/C15H23NO2S/c1-3-16-15-12-6-4-5-7-13(12)18-10-14(15)19-11(2)8-9-17/h4-7,11,14-17H,3,8-10H2,1-2H3. The SMILES string of the molecule is CCNC1c2ccccc2OCC1SC(C)CCO. The van der Waals surface area contributed by atoms with Crippen molar-refractivity contribution in [2.75, 3.05) is 19.8 Å². The van der Waals surface area contributed by atoms with E-state index in [1.54, 1.807) is 0 Å². The molecule has 1 aromatic rings. The Morgan fingerprint density at radius 3 is 3.00 bits per heavy atom. The van der Waals surface area contributed by atoms with Crippen molar-refractivity contribution >= 4 is 11.8 Å². The molecule has 1 aliphatic heterocycles. The fourth-order valence-corrected chi connectivity index (χ4v) is 3.85. The van der Waals surface area contributed by atoms with Gasteiger partial charge in [-0.05, 0) is 19.0 Å². The first-order chi connectivity index (χ1) is 9.26. The summed E-state index contributed by atoms with van der Waals surface area (Å²) < 4.78 is 5.87. The van der Waals surface area contributed by atoms with Crippen LogP contribution in [0.15, 0.2) is 24.3 Å². The number of hydrogen-bond donors (Lipinski definition) is 2. The Hall–Kier alpha value is -0.710. The van der Waals surface area contributed by atoms with Gasteiger partial charge in [0, 0.05) is 17.4 Å². The number of hydrogen-bond acceptors (Lipinski definition) is 4. The molecular formula is C15H23NO2S. The molecule has 0 radical (unpaired) electrons. The van der Waals surface area contributed by atoms with E-state index in [2.05, 4.69) is 31.3 Å². The lowest BCUT2D eigenvalue weighted by Gasteiger charge is -2.35. The predicted octanol–water partition coefficient (Wildman–Crippen LogP) is 2.60. The summed E-state index contributed by atoms with van der Waals surface area (Å²) in [6.07, 6.45) is 0.835. The average molecular weight is 281 g/mol. The van der Waals surface area contributed by atoms with Crippen LogP contribution in [0.3, 0.4) is 0 Å². The number of ether oxygens (including phenoxy) is 1. The monoisotopic (exact) mass is 281 g/mol. The van der Waals surface area contributed by atoms with Crippen LogP contribution >= 0.6 is 11.8 Å². The molecule has 0 aromatic heterocycles. The van der Waals surface area contributed by atoms with E-state index in [-0.39, 0.29) is 6.61 Å². The second-order valence-electron chi connectivity index (χ2n) is 4.88. The maximum atomic E-state index is 9.03. The minimum Gasteiger partial charge on any atom is -0.492 e. The maximum Gasteiger partial charge on any atom is 0.124 e. The van der Waals surface area contributed by atoms with Gasteiger partial charge >= 0.3 is 0 Å². The summed E-state index contributed by atoms with van der Waals surface area (Å²) in [6.45, 7) is 6.24. The quantitative estimate of drug-likeness (QED) is 0.841. The number of fused-ring (bicyclic) bond motifs is 1. The highest BCUT2D eigenvalue weighted by molar-refractivity contribution is 8.00. The van der Waals surface area contributed by atoms with Crippen LogP contribution < -0.4 is 10.1 Å². The lowest BCUT2D eigenvalue weighted by molar-refractivity contribution is 0.260. The minimum atomic E-state index is 0.254. The predicted molar refractivity (Wildman–Crippen MR) is 80.9 cm³/mol. The highest BCUT2D eigenvalue weighted by Gasteiger charge is 2.31. The summed E-state index contributed by atoms with van der Waals surface area (Å²) in [4.78, 5) is 0. The first-order valence-electron chi connectivity index (χ1n) is 6.97. The summed E-state index contributed by atoms with van der Waals surface area (Å²) in [5, 5.41) is 13.5. The molecule has 3 atom stereocenters. The molecule has 2 rings (SSSR count). The van der Waals surface area contributed by atoms with Gasteiger partial charge in [-0.1, -0.05) is 32.0 Å². The lowest BCUT2D eigenvalue weighted by Crippen LogP contribution is -2.38. The largest absolute Gasteiger partial charge is 0.492 e. The third-order valence-corrected chi connectivity index (χ3v) is 4.85. The Bertz CT molecular complexity index is 399. The fourth-order valence-electron chi connectivity index (χ4n) is 2.46. The van der Waals surface area contributed by atoms with Crippen molar-refractivity contribution in [3.8, 4) is 5.75 Å². The van der Waals surface area contributed by atoms with Gasteiger partial charge in [-0.2, -0.15) is 0 Å². The number of benzene rings is 1. The number of rotatable bonds is 6. The third-order valence-electron chi connectivity index (χ3n) is 3.40. The van der Waals surface area contributed by atoms with Gasteiger partial charge in [-0.15, -0.1) is 11.8 Å². The molecular weight excluding hydrogens is 258 g/mol. The number of aliphatic hydroxyl groups is 1. The highest BCUT2D eigenvalue weighted by Crippen LogP contribution is 2.38. The molecule has 3 nitrogen and oxygen atoms in total. The van der Waals surface area contributed by atoms with Gasteiger partial charge in [-0.3, -0.25) is 0 Å². The van der Waals surface area contributed by atoms with Crippen molar-refractivity contribution in [3.05, 3.63) is 29.8 Å². The molecule has 1 aromatic carbocycles. The molecule has 0 bridgehead atoms. The molecule has 4 heteroatoms. The van der Waals surface area contributed by atoms with Crippen molar-refractivity contribution in [1.29, 1.82) is 0 Å². The van der Waals surface area contributed by atoms with E-state index in [0.29, 0.717) is 16.5 Å². The van der Waals surface area contributed by atoms with Crippen LogP contribution in [0, 0.1) is 0 Å². The average Bonchev–Trinajstić information content (AvgIpc) is 2.42. The highest BCUT2D eigenvalue weighted by atomic mass is 32.2. The van der Waals surface area contributed by atoms with Gasteiger partial charge < -0.3 is 15.2 Å². The Morgan fingerprint density at radius 2 is 2.26 bits per heavy atom. The van der Waals surface area contributed by atoms with Crippen LogP contribution in [0.2, 0.25) is 0 Å². The zero-order chi connectivity index (χ0) is 13.7. The van der Waals surface area contributed by atoms with Gasteiger partial charge in [0.2, 0.25) is 0 Å². The van der Waals surface area contributed by atoms with Gasteiger partial charge in [0.15, 0.2) is 0 Å². The second-order valence-corrected chi connectivity index (χ2v) is 6.56. The fraction of sp³-hybridized carbons (Fsp3) is 0.600. The van der Waals surface area contributed by atoms with E-state index in [9.17, 15) is 0 Å². The van der Waals surface area contributed by atoms with Crippen LogP contribution in [-0.2, 0) is 0 Å². The molecule has 0 saturated carbocycles. The molecule has 0 spiro atoms. The number of aliphatic hydroxyl groups excluding tert-OH is 1. The van der Waals surface area contributed by atoms with Crippen LogP contribution in [0.4, 0.5) is 0 Å². The summed E-state index contributed by atoms with van der Waals surface area (Å²) in [5.41, 5.74) is 1.25. The van der Waals surface area contributed by atoms with E-state index in [1.165, 1.54) is 5.56 Å². The Balaban J connectivity index is 2.12. The normalized spacial score (nSPS) is 23.5. The van der Waals surface area contributed by atoms with E-state index in [4.69, 9.17) is 9.84 Å². The van der Waals surface area contributed by atoms with Crippen molar-refractivity contribution < 1.29 is 9.84 Å². The van der Waals surface area contributed by atoms with Crippen molar-refractivity contribution in [2.24, 2.45) is 0 Å². The Morgan fingerprint density at radius 1 is 1.47 bits per heavy atom.